The van der Waals surface area contributed by atoms with Crippen molar-refractivity contribution in [3.8, 4) is 11.3 Å². The van der Waals surface area contributed by atoms with E-state index in [0.717, 1.165) is 39.3 Å². The highest BCUT2D eigenvalue weighted by Crippen LogP contribution is 2.40. The fourth-order valence-electron chi connectivity index (χ4n) is 4.17. The number of rotatable bonds is 4. The summed E-state index contributed by atoms with van der Waals surface area (Å²) in [6.45, 7) is 2.41. The average Bonchev–Trinajstić information content (AvgIpc) is 2.73. The largest absolute Gasteiger partial charge is 0.398 e. The van der Waals surface area contributed by atoms with E-state index < -0.39 is 16.1 Å². The molecule has 162 valence electrons. The van der Waals surface area contributed by atoms with Crippen LogP contribution in [-0.2, 0) is 16.4 Å². The lowest BCUT2D eigenvalue weighted by atomic mass is 9.87. The molecule has 4 rings (SSSR count). The van der Waals surface area contributed by atoms with E-state index in [9.17, 15) is 8.42 Å². The summed E-state index contributed by atoms with van der Waals surface area (Å²) in [4.78, 5) is 1.90. The lowest BCUT2D eigenvalue weighted by Gasteiger charge is -2.36. The number of nitrogen functional groups attached to an aromatic ring is 1. The van der Waals surface area contributed by atoms with Crippen molar-refractivity contribution in [2.45, 2.75) is 19.4 Å². The molecule has 1 aliphatic rings. The molecule has 0 radical (unpaired) electrons. The van der Waals surface area contributed by atoms with Crippen molar-refractivity contribution in [1.29, 1.82) is 0 Å². The highest BCUT2D eigenvalue weighted by molar-refractivity contribution is 7.88. The Hall–Kier alpha value is -2.97. The van der Waals surface area contributed by atoms with Gasteiger partial charge in [0.1, 0.15) is 0 Å². The lowest BCUT2D eigenvalue weighted by Crippen LogP contribution is -2.40. The zero-order valence-electron chi connectivity index (χ0n) is 18.2. The molecule has 0 saturated heterocycles. The number of nitrogens with two attached hydrogens (primary N) is 1. The topological polar surface area (TPSA) is 92.4 Å². The average molecular weight is 438 g/mol. The molecule has 3 aromatic rings. The fourth-order valence-corrected chi connectivity index (χ4v) is 5.21. The number of hydrogen-bond donors (Lipinski definition) is 1. The standard InChI is InChI=1S/C23H27N5O2S/c1-15-8-9-16(14-19(15)21-10-11-22(26-25-21)27(2)3)23-18-6-5-7-20(24)17(18)12-13-28(23)31(4,29)30/h5-11,14,23H,12-13,24H2,1-4H3. The van der Waals surface area contributed by atoms with Gasteiger partial charge in [0.2, 0.25) is 10.0 Å². The molecular weight excluding hydrogens is 410 g/mol. The summed E-state index contributed by atoms with van der Waals surface area (Å²) >= 11 is 0. The van der Waals surface area contributed by atoms with Crippen molar-refractivity contribution >= 4 is 21.5 Å². The lowest BCUT2D eigenvalue weighted by molar-refractivity contribution is 0.347. The number of aryl methyl sites for hydroxylation is 1. The first-order valence-corrected chi connectivity index (χ1v) is 12.0. The van der Waals surface area contributed by atoms with E-state index in [1.165, 1.54) is 6.26 Å². The van der Waals surface area contributed by atoms with Gasteiger partial charge in [0.05, 0.1) is 18.0 Å². The molecule has 1 unspecified atom stereocenters. The van der Waals surface area contributed by atoms with Crippen LogP contribution in [0.5, 0.6) is 0 Å². The number of aromatic nitrogens is 2. The third-order valence-electron chi connectivity index (χ3n) is 5.80. The number of anilines is 2. The number of fused-ring (bicyclic) bond motifs is 1. The van der Waals surface area contributed by atoms with Crippen LogP contribution in [-0.4, -0.2) is 49.8 Å². The van der Waals surface area contributed by atoms with Crippen LogP contribution >= 0.6 is 0 Å². The van der Waals surface area contributed by atoms with Gasteiger partial charge in [-0.2, -0.15) is 4.31 Å². The molecule has 0 saturated carbocycles. The van der Waals surface area contributed by atoms with Crippen molar-refractivity contribution in [2.24, 2.45) is 0 Å². The highest BCUT2D eigenvalue weighted by Gasteiger charge is 2.35. The van der Waals surface area contributed by atoms with E-state index in [-0.39, 0.29) is 0 Å². The summed E-state index contributed by atoms with van der Waals surface area (Å²) in [6.07, 6.45) is 1.86. The summed E-state index contributed by atoms with van der Waals surface area (Å²) in [5.41, 5.74) is 12.5. The van der Waals surface area contributed by atoms with Gasteiger partial charge >= 0.3 is 0 Å². The molecule has 1 aliphatic heterocycles. The van der Waals surface area contributed by atoms with Crippen molar-refractivity contribution in [3.05, 3.63) is 70.8 Å². The molecular formula is C23H27N5O2S. The molecule has 0 fully saturated rings. The van der Waals surface area contributed by atoms with Crippen LogP contribution in [0.1, 0.15) is 28.3 Å². The molecule has 31 heavy (non-hydrogen) atoms. The molecule has 0 spiro atoms. The summed E-state index contributed by atoms with van der Waals surface area (Å²) < 4.78 is 26.9. The van der Waals surface area contributed by atoms with Crippen LogP contribution < -0.4 is 10.6 Å². The summed E-state index contributed by atoms with van der Waals surface area (Å²) in [7, 11) is 0.414. The molecule has 0 aliphatic carbocycles. The maximum atomic E-state index is 12.7. The Kier molecular flexibility index (Phi) is 5.45. The molecule has 0 amide bonds. The van der Waals surface area contributed by atoms with E-state index in [1.54, 1.807) is 4.31 Å². The normalized spacial score (nSPS) is 16.7. The van der Waals surface area contributed by atoms with Crippen LogP contribution in [0.15, 0.2) is 48.5 Å². The van der Waals surface area contributed by atoms with Crippen LogP contribution in [0.3, 0.4) is 0 Å². The number of hydrogen-bond acceptors (Lipinski definition) is 6. The second-order valence-electron chi connectivity index (χ2n) is 8.19. The first kappa shape index (κ1) is 21.3. The number of nitrogens with zero attached hydrogens (tertiary/aromatic N) is 4. The Morgan fingerprint density at radius 3 is 2.52 bits per heavy atom. The quantitative estimate of drug-likeness (QED) is 0.631. The van der Waals surface area contributed by atoms with Crippen LogP contribution in [0.2, 0.25) is 0 Å². The first-order valence-electron chi connectivity index (χ1n) is 10.1. The minimum absolute atomic E-state index is 0.394. The third kappa shape index (κ3) is 4.00. The molecule has 0 bridgehead atoms. The number of benzene rings is 2. The molecule has 7 nitrogen and oxygen atoms in total. The highest BCUT2D eigenvalue weighted by atomic mass is 32.2. The molecule has 2 heterocycles. The molecule has 2 aromatic carbocycles. The molecule has 2 N–H and O–H groups in total. The third-order valence-corrected chi connectivity index (χ3v) is 7.05. The Morgan fingerprint density at radius 2 is 1.87 bits per heavy atom. The van der Waals surface area contributed by atoms with Gasteiger partial charge in [0.15, 0.2) is 5.82 Å². The minimum atomic E-state index is -3.42. The van der Waals surface area contributed by atoms with E-state index in [4.69, 9.17) is 5.73 Å². The second kappa shape index (κ2) is 7.94. The Labute approximate surface area is 183 Å². The van der Waals surface area contributed by atoms with Gasteiger partial charge in [-0.25, -0.2) is 8.42 Å². The molecule has 8 heteroatoms. The van der Waals surface area contributed by atoms with E-state index in [0.29, 0.717) is 18.7 Å². The Balaban J connectivity index is 1.86. The Bertz CT molecular complexity index is 1220. The van der Waals surface area contributed by atoms with E-state index in [2.05, 4.69) is 10.2 Å². The SMILES string of the molecule is Cc1ccc(C2c3cccc(N)c3CCN2S(C)(=O)=O)cc1-c1ccc(N(C)C)nn1. The van der Waals surface area contributed by atoms with E-state index in [1.807, 2.05) is 74.4 Å². The predicted octanol–water partition coefficient (Wildman–Crippen LogP) is 3.01. The van der Waals surface area contributed by atoms with Crippen LogP contribution in [0.25, 0.3) is 11.3 Å². The van der Waals surface area contributed by atoms with Gasteiger partial charge in [-0.15, -0.1) is 10.2 Å². The zero-order valence-corrected chi connectivity index (χ0v) is 19.0. The van der Waals surface area contributed by atoms with Crippen LogP contribution in [0.4, 0.5) is 11.5 Å². The summed E-state index contributed by atoms with van der Waals surface area (Å²) in [5.74, 6) is 0.775. The van der Waals surface area contributed by atoms with Gasteiger partial charge in [-0.1, -0.05) is 24.3 Å². The summed E-state index contributed by atoms with van der Waals surface area (Å²) in [6, 6.07) is 15.2. The summed E-state index contributed by atoms with van der Waals surface area (Å²) in [5, 5.41) is 8.69. The predicted molar refractivity (Wildman–Crippen MR) is 124 cm³/mol. The fraction of sp³-hybridized carbons (Fsp3) is 0.304. The van der Waals surface area contributed by atoms with Crippen molar-refractivity contribution < 1.29 is 8.42 Å². The molecule has 1 aromatic heterocycles. The molecule has 1 atom stereocenters. The van der Waals surface area contributed by atoms with Crippen molar-refractivity contribution in [3.63, 3.8) is 0 Å². The zero-order chi connectivity index (χ0) is 22.3. The second-order valence-corrected chi connectivity index (χ2v) is 10.1. The van der Waals surface area contributed by atoms with Gasteiger partial charge in [-0.3, -0.25) is 0 Å². The Morgan fingerprint density at radius 1 is 1.10 bits per heavy atom. The van der Waals surface area contributed by atoms with Crippen molar-refractivity contribution in [1.82, 2.24) is 14.5 Å². The smallest absolute Gasteiger partial charge is 0.212 e. The number of sulfonamides is 1. The first-order chi connectivity index (χ1) is 14.7. The maximum Gasteiger partial charge on any atom is 0.212 e. The van der Waals surface area contributed by atoms with Gasteiger partial charge in [-0.05, 0) is 59.9 Å². The maximum absolute atomic E-state index is 12.7. The van der Waals surface area contributed by atoms with Crippen LogP contribution in [0, 0.1) is 6.92 Å². The van der Waals surface area contributed by atoms with Crippen molar-refractivity contribution in [2.75, 3.05) is 37.5 Å². The van der Waals surface area contributed by atoms with E-state index >= 15 is 0 Å². The minimum Gasteiger partial charge on any atom is -0.398 e. The van der Waals surface area contributed by atoms with Gasteiger partial charge in [0, 0.05) is 31.9 Å². The monoisotopic (exact) mass is 437 g/mol. The van der Waals surface area contributed by atoms with Gasteiger partial charge < -0.3 is 10.6 Å². The van der Waals surface area contributed by atoms with Gasteiger partial charge in [0.25, 0.3) is 0 Å².